The fourth-order valence-corrected chi connectivity index (χ4v) is 6.36. The first-order valence-corrected chi connectivity index (χ1v) is 15.0. The molecule has 40 heavy (non-hydrogen) atoms. The van der Waals surface area contributed by atoms with E-state index in [1.807, 2.05) is 29.3 Å². The van der Waals surface area contributed by atoms with Crippen LogP contribution in [-0.4, -0.2) is 42.2 Å². The van der Waals surface area contributed by atoms with Gasteiger partial charge in [0.05, 0.1) is 11.6 Å². The summed E-state index contributed by atoms with van der Waals surface area (Å²) in [5, 5.41) is 2.05. The summed E-state index contributed by atoms with van der Waals surface area (Å²) >= 11 is 0. The van der Waals surface area contributed by atoms with Crippen LogP contribution in [0.4, 0.5) is 10.1 Å². The third-order valence-electron chi connectivity index (χ3n) is 8.57. The van der Waals surface area contributed by atoms with E-state index in [1.165, 1.54) is 50.7 Å². The van der Waals surface area contributed by atoms with E-state index in [0.29, 0.717) is 48.7 Å². The van der Waals surface area contributed by atoms with Gasteiger partial charge < -0.3 is 14.5 Å². The molecule has 6 nitrogen and oxygen atoms in total. The Kier molecular flexibility index (Phi) is 9.53. The van der Waals surface area contributed by atoms with E-state index in [-0.39, 0.29) is 30.0 Å². The van der Waals surface area contributed by atoms with Gasteiger partial charge in [0.1, 0.15) is 18.2 Å². The predicted molar refractivity (Wildman–Crippen MR) is 154 cm³/mol. The molecule has 0 aromatic heterocycles. The number of anilines is 1. The zero-order valence-corrected chi connectivity index (χ0v) is 23.4. The number of carbonyl (C=O) groups is 2. The van der Waals surface area contributed by atoms with E-state index in [9.17, 15) is 14.0 Å². The van der Waals surface area contributed by atoms with Crippen LogP contribution < -0.4 is 9.64 Å². The van der Waals surface area contributed by atoms with Crippen molar-refractivity contribution >= 4 is 17.6 Å². The maximum atomic E-state index is 14.2. The van der Waals surface area contributed by atoms with Gasteiger partial charge in [-0.05, 0) is 68.0 Å². The molecule has 2 aromatic rings. The molecule has 7 heteroatoms. The summed E-state index contributed by atoms with van der Waals surface area (Å²) in [6.07, 6.45) is 14.0. The van der Waals surface area contributed by atoms with Crippen molar-refractivity contribution in [1.29, 1.82) is 0 Å². The lowest BCUT2D eigenvalue weighted by molar-refractivity contribution is -0.223. The second-order valence-corrected chi connectivity index (χ2v) is 11.4. The summed E-state index contributed by atoms with van der Waals surface area (Å²) in [5.41, 5.74) is 2.12. The number of ether oxygens (including phenoxy) is 1. The molecule has 214 valence electrons. The molecule has 1 atom stereocenters. The molecule has 1 unspecified atom stereocenters. The van der Waals surface area contributed by atoms with Crippen LogP contribution in [-0.2, 0) is 14.4 Å². The van der Waals surface area contributed by atoms with Crippen LogP contribution in [0.1, 0.15) is 77.0 Å². The average molecular weight is 549 g/mol. The Hall–Kier alpha value is -3.19. The first kappa shape index (κ1) is 28.3. The predicted octanol–water partition coefficient (Wildman–Crippen LogP) is 7.23. The Labute approximate surface area is 237 Å². The Morgan fingerprint density at radius 3 is 2.23 bits per heavy atom. The van der Waals surface area contributed by atoms with Gasteiger partial charge in [-0.15, -0.1) is 5.06 Å². The summed E-state index contributed by atoms with van der Waals surface area (Å²) < 4.78 is 19.8. The molecule has 1 saturated heterocycles. The van der Waals surface area contributed by atoms with Crippen LogP contribution in [0.2, 0.25) is 0 Å². The minimum atomic E-state index is -0.363. The van der Waals surface area contributed by atoms with Gasteiger partial charge in [0.2, 0.25) is 5.91 Å². The van der Waals surface area contributed by atoms with Crippen LogP contribution in [0.15, 0.2) is 55.1 Å². The minimum Gasteiger partial charge on any atom is -0.490 e. The summed E-state index contributed by atoms with van der Waals surface area (Å²) in [5.74, 6) is -0.179. The van der Waals surface area contributed by atoms with Gasteiger partial charge in [0.25, 0.3) is 0 Å². The van der Waals surface area contributed by atoms with Gasteiger partial charge in [-0.25, -0.2) is 4.39 Å². The zero-order valence-electron chi connectivity index (χ0n) is 23.4. The number of β-lactam (4-membered cyclic amide) rings is 1. The van der Waals surface area contributed by atoms with E-state index in [4.69, 9.17) is 9.57 Å². The van der Waals surface area contributed by atoms with E-state index in [1.54, 1.807) is 17.0 Å². The van der Waals surface area contributed by atoms with Gasteiger partial charge in [-0.1, -0.05) is 63.3 Å². The monoisotopic (exact) mass is 548 g/mol. The zero-order chi connectivity index (χ0) is 27.9. The highest BCUT2D eigenvalue weighted by Crippen LogP contribution is 2.38. The molecule has 1 aliphatic heterocycles. The number of halogens is 1. The van der Waals surface area contributed by atoms with Crippen molar-refractivity contribution in [3.8, 4) is 16.9 Å². The van der Waals surface area contributed by atoms with Crippen LogP contribution >= 0.6 is 0 Å². The molecule has 2 aliphatic carbocycles. The summed E-state index contributed by atoms with van der Waals surface area (Å²) in [7, 11) is 0. The van der Waals surface area contributed by atoms with Crippen LogP contribution in [0.5, 0.6) is 5.75 Å². The number of benzene rings is 2. The van der Waals surface area contributed by atoms with Gasteiger partial charge in [-0.3, -0.25) is 9.59 Å². The minimum absolute atomic E-state index is 0.0389. The third-order valence-corrected chi connectivity index (χ3v) is 8.57. The van der Waals surface area contributed by atoms with Gasteiger partial charge >= 0.3 is 5.97 Å². The van der Waals surface area contributed by atoms with E-state index >= 15 is 0 Å². The van der Waals surface area contributed by atoms with Crippen LogP contribution in [0.3, 0.4) is 0 Å². The molecular weight excluding hydrogens is 507 g/mol. The van der Waals surface area contributed by atoms with E-state index in [2.05, 4.69) is 6.58 Å². The normalized spacial score (nSPS) is 20.3. The first-order chi connectivity index (χ1) is 19.5. The van der Waals surface area contributed by atoms with Gasteiger partial charge in [0, 0.05) is 30.6 Å². The van der Waals surface area contributed by atoms with Crippen molar-refractivity contribution in [3.05, 3.63) is 60.9 Å². The molecule has 3 aliphatic rings. The number of rotatable bonds is 11. The highest BCUT2D eigenvalue weighted by Gasteiger charge is 2.39. The van der Waals surface area contributed by atoms with Crippen molar-refractivity contribution < 1.29 is 23.6 Å². The quantitative estimate of drug-likeness (QED) is 0.168. The molecule has 2 saturated carbocycles. The fourth-order valence-electron chi connectivity index (χ4n) is 6.36. The van der Waals surface area contributed by atoms with E-state index in [0.717, 1.165) is 31.2 Å². The molecule has 3 fully saturated rings. The molecule has 5 rings (SSSR count). The second-order valence-electron chi connectivity index (χ2n) is 11.4. The van der Waals surface area contributed by atoms with Gasteiger partial charge in [-0.2, -0.15) is 0 Å². The standard InChI is InChI=1S/C33H41FN2O4/c1-2-21-39-29-17-13-24(14-18-29)30-22-26(34)16-19-31(30)35-23-25(33(35)38)15-20-32(37)40-36(27-9-5-3-6-10-27)28-11-7-4-8-12-28/h2,13-14,16-19,22,25,27-28H,1,3-12,15,20-21,23H2. The Morgan fingerprint density at radius 2 is 1.62 bits per heavy atom. The van der Waals surface area contributed by atoms with Crippen molar-refractivity contribution in [3.63, 3.8) is 0 Å². The van der Waals surface area contributed by atoms with Crippen molar-refractivity contribution in [1.82, 2.24) is 5.06 Å². The molecular formula is C33H41FN2O4. The number of hydroxylamine groups is 2. The molecule has 1 heterocycles. The van der Waals surface area contributed by atoms with Crippen molar-refractivity contribution in [2.24, 2.45) is 5.92 Å². The molecule has 0 radical (unpaired) electrons. The molecule has 0 bridgehead atoms. The number of hydrogen-bond donors (Lipinski definition) is 0. The Balaban J connectivity index is 1.18. The highest BCUT2D eigenvalue weighted by atomic mass is 19.1. The Morgan fingerprint density at radius 1 is 0.975 bits per heavy atom. The number of carbonyl (C=O) groups excluding carboxylic acids is 2. The third kappa shape index (κ3) is 6.74. The molecule has 0 spiro atoms. The maximum Gasteiger partial charge on any atom is 0.325 e. The van der Waals surface area contributed by atoms with Crippen LogP contribution in [0, 0.1) is 11.7 Å². The lowest BCUT2D eigenvalue weighted by Gasteiger charge is -2.40. The summed E-state index contributed by atoms with van der Waals surface area (Å²) in [6, 6.07) is 12.5. The smallest absolute Gasteiger partial charge is 0.325 e. The Bertz CT molecular complexity index is 1150. The summed E-state index contributed by atoms with van der Waals surface area (Å²) in [6.45, 7) is 4.56. The first-order valence-electron chi connectivity index (χ1n) is 15.0. The fraction of sp³-hybridized carbons (Fsp3) is 0.515. The van der Waals surface area contributed by atoms with Crippen LogP contribution in [0.25, 0.3) is 11.1 Å². The maximum absolute atomic E-state index is 14.2. The number of amides is 1. The van der Waals surface area contributed by atoms with E-state index < -0.39 is 0 Å². The number of nitrogens with zero attached hydrogens (tertiary/aromatic N) is 2. The lowest BCUT2D eigenvalue weighted by atomic mass is 9.90. The van der Waals surface area contributed by atoms with Gasteiger partial charge in [0.15, 0.2) is 0 Å². The average Bonchev–Trinajstić information content (AvgIpc) is 2.99. The van der Waals surface area contributed by atoms with Crippen molar-refractivity contribution in [2.75, 3.05) is 18.1 Å². The van der Waals surface area contributed by atoms with Crippen molar-refractivity contribution in [2.45, 2.75) is 89.1 Å². The largest absolute Gasteiger partial charge is 0.490 e. The second kappa shape index (κ2) is 13.4. The molecule has 1 amide bonds. The molecule has 0 N–H and O–H groups in total. The highest BCUT2D eigenvalue weighted by molar-refractivity contribution is 6.04. The number of hydrogen-bond acceptors (Lipinski definition) is 5. The molecule has 2 aromatic carbocycles. The lowest BCUT2D eigenvalue weighted by Crippen LogP contribution is -2.53. The SMILES string of the molecule is C=CCOc1ccc(-c2cc(F)ccc2N2CC(CCC(=O)ON(C3CCCCC3)C3CCCCC3)C2=O)cc1. The summed E-state index contributed by atoms with van der Waals surface area (Å²) in [4.78, 5) is 33.9. The topological polar surface area (TPSA) is 59.1 Å².